The van der Waals surface area contributed by atoms with Gasteiger partial charge in [0.2, 0.25) is 5.91 Å². The van der Waals surface area contributed by atoms with Crippen molar-refractivity contribution < 1.29 is 9.53 Å². The first-order chi connectivity index (χ1) is 11.0. The molecule has 0 saturated carbocycles. The van der Waals surface area contributed by atoms with Gasteiger partial charge in [0.25, 0.3) is 0 Å². The number of anilines is 1. The molecule has 2 rings (SSSR count). The summed E-state index contributed by atoms with van der Waals surface area (Å²) in [6.45, 7) is 4.37. The lowest BCUT2D eigenvalue weighted by atomic mass is 10.1. The fourth-order valence-electron chi connectivity index (χ4n) is 2.17. The van der Waals surface area contributed by atoms with Gasteiger partial charge in [-0.15, -0.1) is 0 Å². The van der Waals surface area contributed by atoms with Crippen molar-refractivity contribution in [1.82, 2.24) is 0 Å². The average molecular weight is 352 g/mol. The molecule has 5 heteroatoms. The van der Waals surface area contributed by atoms with Crippen molar-refractivity contribution >= 4 is 34.8 Å². The Balaban J connectivity index is 1.74. The molecule has 0 aliphatic heterocycles. The number of hydrogen-bond acceptors (Lipinski definition) is 2. The molecule has 0 aliphatic carbocycles. The van der Waals surface area contributed by atoms with Crippen LogP contribution in [-0.4, -0.2) is 12.5 Å². The molecule has 2 aromatic carbocycles. The molecule has 0 unspecified atom stereocenters. The van der Waals surface area contributed by atoms with E-state index in [1.165, 1.54) is 0 Å². The second-order valence-electron chi connectivity index (χ2n) is 5.38. The van der Waals surface area contributed by atoms with Crippen LogP contribution in [0.3, 0.4) is 0 Å². The van der Waals surface area contributed by atoms with Crippen molar-refractivity contribution in [1.29, 1.82) is 0 Å². The maximum atomic E-state index is 11.8. The predicted molar refractivity (Wildman–Crippen MR) is 95.7 cm³/mol. The molecule has 1 N–H and O–H groups in total. The highest BCUT2D eigenvalue weighted by molar-refractivity contribution is 6.32. The van der Waals surface area contributed by atoms with Gasteiger partial charge in [-0.1, -0.05) is 23.2 Å². The van der Waals surface area contributed by atoms with Crippen LogP contribution in [0.25, 0.3) is 0 Å². The number of hydrogen-bond donors (Lipinski definition) is 1. The predicted octanol–water partition coefficient (Wildman–Crippen LogP) is 5.41. The van der Waals surface area contributed by atoms with Crippen molar-refractivity contribution in [2.75, 3.05) is 11.9 Å². The van der Waals surface area contributed by atoms with Gasteiger partial charge in [-0.3, -0.25) is 4.79 Å². The van der Waals surface area contributed by atoms with Crippen LogP contribution in [0.5, 0.6) is 5.75 Å². The van der Waals surface area contributed by atoms with Gasteiger partial charge in [-0.05, 0) is 67.8 Å². The quantitative estimate of drug-likeness (QED) is 0.706. The number of benzene rings is 2. The summed E-state index contributed by atoms with van der Waals surface area (Å²) < 4.78 is 5.68. The lowest BCUT2D eigenvalue weighted by Crippen LogP contribution is -2.12. The molecule has 0 aliphatic rings. The van der Waals surface area contributed by atoms with Gasteiger partial charge in [0.1, 0.15) is 5.75 Å². The zero-order chi connectivity index (χ0) is 16.8. The van der Waals surface area contributed by atoms with Gasteiger partial charge in [-0.2, -0.15) is 0 Å². The second-order valence-corrected chi connectivity index (χ2v) is 6.19. The number of nitrogens with one attached hydrogen (secondary N) is 1. The molecular weight excluding hydrogens is 333 g/mol. The molecule has 0 heterocycles. The summed E-state index contributed by atoms with van der Waals surface area (Å²) in [5.74, 6) is 0.738. The van der Waals surface area contributed by atoms with E-state index in [4.69, 9.17) is 27.9 Å². The van der Waals surface area contributed by atoms with E-state index in [2.05, 4.69) is 5.32 Å². The number of aryl methyl sites for hydroxylation is 2. The first-order valence-electron chi connectivity index (χ1n) is 7.40. The molecular formula is C18H19Cl2NO2. The Bertz CT molecular complexity index is 661. The number of carbonyl (C=O) groups is 1. The number of halogens is 2. The molecule has 3 nitrogen and oxygen atoms in total. The van der Waals surface area contributed by atoms with Crippen LogP contribution in [-0.2, 0) is 4.79 Å². The van der Waals surface area contributed by atoms with Crippen LogP contribution in [0.1, 0.15) is 24.0 Å². The van der Waals surface area contributed by atoms with E-state index in [-0.39, 0.29) is 5.91 Å². The summed E-state index contributed by atoms with van der Waals surface area (Å²) in [6, 6.07) is 10.8. The minimum atomic E-state index is -0.0422. The minimum Gasteiger partial charge on any atom is -0.494 e. The largest absolute Gasteiger partial charge is 0.494 e. The first-order valence-corrected chi connectivity index (χ1v) is 8.16. The van der Waals surface area contributed by atoms with Crippen LogP contribution >= 0.6 is 23.2 Å². The Morgan fingerprint density at radius 3 is 2.30 bits per heavy atom. The van der Waals surface area contributed by atoms with Gasteiger partial charge >= 0.3 is 0 Å². The van der Waals surface area contributed by atoms with Gasteiger partial charge in [0.15, 0.2) is 0 Å². The molecule has 0 radical (unpaired) electrons. The van der Waals surface area contributed by atoms with E-state index in [1.807, 2.05) is 26.0 Å². The molecule has 2 aromatic rings. The van der Waals surface area contributed by atoms with Crippen LogP contribution < -0.4 is 10.1 Å². The van der Waals surface area contributed by atoms with E-state index < -0.39 is 0 Å². The molecule has 0 saturated heterocycles. The Kier molecular flexibility index (Phi) is 6.31. The fraction of sp³-hybridized carbons (Fsp3) is 0.278. The van der Waals surface area contributed by atoms with Crippen molar-refractivity contribution in [3.05, 3.63) is 57.6 Å². The molecule has 0 aromatic heterocycles. The summed E-state index contributed by atoms with van der Waals surface area (Å²) in [5, 5.41) is 4.23. The lowest BCUT2D eigenvalue weighted by Gasteiger charge is -2.10. The SMILES string of the molecule is Cc1cc(OCCCC(=O)Nc2ccc(Cl)cc2)cc(C)c1Cl. The van der Waals surface area contributed by atoms with Crippen molar-refractivity contribution in [2.24, 2.45) is 0 Å². The highest BCUT2D eigenvalue weighted by atomic mass is 35.5. The molecule has 23 heavy (non-hydrogen) atoms. The summed E-state index contributed by atoms with van der Waals surface area (Å²) in [7, 11) is 0. The van der Waals surface area contributed by atoms with E-state index in [0.717, 1.165) is 27.6 Å². The standard InChI is InChI=1S/C18H19Cl2NO2/c1-12-10-16(11-13(2)18(12)20)23-9-3-4-17(22)21-15-7-5-14(19)6-8-15/h5-8,10-11H,3-4,9H2,1-2H3,(H,21,22). The fourth-order valence-corrected chi connectivity index (χ4v) is 2.40. The summed E-state index contributed by atoms with van der Waals surface area (Å²) >= 11 is 11.9. The van der Waals surface area contributed by atoms with E-state index >= 15 is 0 Å². The average Bonchev–Trinajstić information content (AvgIpc) is 2.51. The van der Waals surface area contributed by atoms with Gasteiger partial charge in [-0.25, -0.2) is 0 Å². The molecule has 0 spiro atoms. The topological polar surface area (TPSA) is 38.3 Å². The normalized spacial score (nSPS) is 10.4. The highest BCUT2D eigenvalue weighted by Gasteiger charge is 2.05. The molecule has 0 atom stereocenters. The summed E-state index contributed by atoms with van der Waals surface area (Å²) in [6.07, 6.45) is 1.04. The third-order valence-electron chi connectivity index (χ3n) is 3.35. The lowest BCUT2D eigenvalue weighted by molar-refractivity contribution is -0.116. The van der Waals surface area contributed by atoms with Gasteiger partial charge in [0.05, 0.1) is 6.61 Å². The number of amides is 1. The smallest absolute Gasteiger partial charge is 0.224 e. The monoisotopic (exact) mass is 351 g/mol. The third-order valence-corrected chi connectivity index (χ3v) is 4.20. The van der Waals surface area contributed by atoms with Gasteiger partial charge in [0, 0.05) is 22.2 Å². The second kappa shape index (κ2) is 8.23. The zero-order valence-corrected chi connectivity index (χ0v) is 14.7. The van der Waals surface area contributed by atoms with Crippen LogP contribution in [0.2, 0.25) is 10.0 Å². The van der Waals surface area contributed by atoms with E-state index in [9.17, 15) is 4.79 Å². The maximum absolute atomic E-state index is 11.8. The van der Waals surface area contributed by atoms with E-state index in [0.29, 0.717) is 24.5 Å². The van der Waals surface area contributed by atoms with Crippen molar-refractivity contribution in [2.45, 2.75) is 26.7 Å². The Hall–Kier alpha value is -1.71. The summed E-state index contributed by atoms with van der Waals surface area (Å²) in [5.41, 5.74) is 2.72. The van der Waals surface area contributed by atoms with Crippen molar-refractivity contribution in [3.8, 4) is 5.75 Å². The molecule has 122 valence electrons. The molecule has 1 amide bonds. The summed E-state index contributed by atoms with van der Waals surface area (Å²) in [4.78, 5) is 11.8. The first kappa shape index (κ1) is 17.6. The molecule has 0 fully saturated rings. The zero-order valence-electron chi connectivity index (χ0n) is 13.2. The number of carbonyl (C=O) groups excluding carboxylic acids is 1. The Morgan fingerprint density at radius 1 is 1.09 bits per heavy atom. The number of rotatable bonds is 6. The Labute approximate surface area is 146 Å². The van der Waals surface area contributed by atoms with Crippen LogP contribution in [0.4, 0.5) is 5.69 Å². The third kappa shape index (κ3) is 5.45. The Morgan fingerprint density at radius 2 is 1.70 bits per heavy atom. The highest BCUT2D eigenvalue weighted by Crippen LogP contribution is 2.26. The van der Waals surface area contributed by atoms with Gasteiger partial charge < -0.3 is 10.1 Å². The maximum Gasteiger partial charge on any atom is 0.224 e. The van der Waals surface area contributed by atoms with Crippen molar-refractivity contribution in [3.63, 3.8) is 0 Å². The van der Waals surface area contributed by atoms with Crippen LogP contribution in [0, 0.1) is 13.8 Å². The van der Waals surface area contributed by atoms with E-state index in [1.54, 1.807) is 24.3 Å². The number of ether oxygens (including phenoxy) is 1. The molecule has 0 bridgehead atoms. The minimum absolute atomic E-state index is 0.0422. The van der Waals surface area contributed by atoms with Crippen LogP contribution in [0.15, 0.2) is 36.4 Å².